The van der Waals surface area contributed by atoms with Gasteiger partial charge in [-0.05, 0) is 30.3 Å². The molecule has 0 amide bonds. The molecule has 0 saturated heterocycles. The van der Waals surface area contributed by atoms with Crippen LogP contribution in [0.3, 0.4) is 0 Å². The first kappa shape index (κ1) is 16.5. The van der Waals surface area contributed by atoms with E-state index >= 15 is 0 Å². The second-order valence-corrected chi connectivity index (χ2v) is 6.13. The Labute approximate surface area is 133 Å². The van der Waals surface area contributed by atoms with Crippen LogP contribution in [0.25, 0.3) is 0 Å². The number of benzene rings is 1. The second kappa shape index (κ2) is 6.52. The number of nitrogens with one attached hydrogen (secondary N) is 1. The fourth-order valence-electron chi connectivity index (χ4n) is 1.85. The molecule has 2 nitrogen and oxygen atoms in total. The molecule has 1 N–H and O–H groups in total. The lowest BCUT2D eigenvalue weighted by atomic mass is 10.1. The van der Waals surface area contributed by atoms with E-state index in [2.05, 4.69) is 10.3 Å². The number of hydrogen-bond acceptors (Lipinski definition) is 3. The van der Waals surface area contributed by atoms with Gasteiger partial charge in [0.15, 0.2) is 5.01 Å². The SMILES string of the molecule is CCNC(c1cnc(C(F)(F)F)s1)c1cc(Cl)ccc1Cl. The number of thiazole rings is 1. The molecule has 114 valence electrons. The predicted molar refractivity (Wildman–Crippen MR) is 79.1 cm³/mol. The first-order valence-electron chi connectivity index (χ1n) is 6.04. The van der Waals surface area contributed by atoms with Gasteiger partial charge in [-0.3, -0.25) is 0 Å². The highest BCUT2D eigenvalue weighted by Gasteiger charge is 2.35. The first-order valence-corrected chi connectivity index (χ1v) is 7.61. The highest BCUT2D eigenvalue weighted by Crippen LogP contribution is 2.38. The van der Waals surface area contributed by atoms with Crippen molar-refractivity contribution in [2.24, 2.45) is 0 Å². The Balaban J connectivity index is 2.44. The lowest BCUT2D eigenvalue weighted by Gasteiger charge is -2.18. The maximum atomic E-state index is 12.7. The fraction of sp³-hybridized carbons (Fsp3) is 0.308. The van der Waals surface area contributed by atoms with Crippen LogP contribution in [0, 0.1) is 0 Å². The maximum absolute atomic E-state index is 12.7. The van der Waals surface area contributed by atoms with Crippen LogP contribution < -0.4 is 5.32 Å². The zero-order valence-electron chi connectivity index (χ0n) is 10.8. The molecule has 2 rings (SSSR count). The molecule has 0 aliphatic heterocycles. The van der Waals surface area contributed by atoms with Crippen molar-refractivity contribution in [3.8, 4) is 0 Å². The van der Waals surface area contributed by atoms with E-state index in [1.165, 1.54) is 6.20 Å². The number of rotatable bonds is 4. The van der Waals surface area contributed by atoms with Gasteiger partial charge < -0.3 is 5.32 Å². The molecule has 0 spiro atoms. The molecule has 1 aromatic carbocycles. The third-order valence-corrected chi connectivity index (χ3v) is 4.41. The Morgan fingerprint density at radius 3 is 2.62 bits per heavy atom. The van der Waals surface area contributed by atoms with E-state index in [0.29, 0.717) is 38.4 Å². The van der Waals surface area contributed by atoms with Crippen LogP contribution in [0.2, 0.25) is 10.0 Å². The van der Waals surface area contributed by atoms with Crippen molar-refractivity contribution in [3.05, 3.63) is 49.9 Å². The van der Waals surface area contributed by atoms with Gasteiger partial charge in [0.05, 0.1) is 6.04 Å². The second-order valence-electron chi connectivity index (χ2n) is 4.22. The van der Waals surface area contributed by atoms with E-state index < -0.39 is 17.2 Å². The van der Waals surface area contributed by atoms with E-state index in [-0.39, 0.29) is 0 Å². The molecular formula is C13H11Cl2F3N2S. The van der Waals surface area contributed by atoms with Gasteiger partial charge in [0, 0.05) is 21.1 Å². The van der Waals surface area contributed by atoms with Gasteiger partial charge in [0.25, 0.3) is 0 Å². The Kier molecular flexibility index (Phi) is 5.14. The number of nitrogens with zero attached hydrogens (tertiary/aromatic N) is 1. The van der Waals surface area contributed by atoms with Gasteiger partial charge in [-0.15, -0.1) is 11.3 Å². The largest absolute Gasteiger partial charge is 0.443 e. The third kappa shape index (κ3) is 3.88. The van der Waals surface area contributed by atoms with Crippen LogP contribution in [-0.2, 0) is 6.18 Å². The number of halogens is 5. The summed E-state index contributed by atoms with van der Waals surface area (Å²) in [5, 5.41) is 3.14. The summed E-state index contributed by atoms with van der Waals surface area (Å²) in [5.74, 6) is 0. The molecule has 1 atom stereocenters. The van der Waals surface area contributed by atoms with Crippen molar-refractivity contribution in [2.75, 3.05) is 6.54 Å². The quantitative estimate of drug-likeness (QED) is 0.819. The molecule has 1 aromatic heterocycles. The van der Waals surface area contributed by atoms with Gasteiger partial charge in [0.2, 0.25) is 0 Å². The van der Waals surface area contributed by atoms with E-state index in [4.69, 9.17) is 23.2 Å². The maximum Gasteiger partial charge on any atom is 0.443 e. The Morgan fingerprint density at radius 1 is 1.33 bits per heavy atom. The van der Waals surface area contributed by atoms with Crippen LogP contribution >= 0.6 is 34.5 Å². The number of aromatic nitrogens is 1. The van der Waals surface area contributed by atoms with Crippen LogP contribution in [0.1, 0.15) is 28.4 Å². The smallest absolute Gasteiger partial charge is 0.306 e. The molecule has 0 aliphatic rings. The Hall–Kier alpha value is -0.820. The minimum absolute atomic E-state index is 0.437. The third-order valence-electron chi connectivity index (χ3n) is 2.73. The van der Waals surface area contributed by atoms with Crippen LogP contribution in [0.5, 0.6) is 0 Å². The Morgan fingerprint density at radius 2 is 2.05 bits per heavy atom. The summed E-state index contributed by atoms with van der Waals surface area (Å²) in [4.78, 5) is 3.88. The number of hydrogen-bond donors (Lipinski definition) is 1. The van der Waals surface area contributed by atoms with E-state index in [0.717, 1.165) is 0 Å². The zero-order chi connectivity index (χ0) is 15.6. The molecule has 0 aliphatic carbocycles. The van der Waals surface area contributed by atoms with E-state index in [1.54, 1.807) is 18.2 Å². The molecule has 8 heteroatoms. The standard InChI is InChI=1S/C13H11Cl2F3N2S/c1-2-19-11(8-5-7(14)3-4-9(8)15)10-6-20-12(21-10)13(16,17)18/h3-6,11,19H,2H2,1H3. The molecule has 1 unspecified atom stereocenters. The minimum Gasteiger partial charge on any atom is -0.306 e. The monoisotopic (exact) mass is 354 g/mol. The van der Waals surface area contributed by atoms with Gasteiger partial charge in [-0.25, -0.2) is 4.98 Å². The molecule has 2 aromatic rings. The molecule has 21 heavy (non-hydrogen) atoms. The van der Waals surface area contributed by atoms with Crippen molar-refractivity contribution in [1.82, 2.24) is 10.3 Å². The van der Waals surface area contributed by atoms with Crippen LogP contribution in [0.4, 0.5) is 13.2 Å². The first-order chi connectivity index (χ1) is 9.82. The molecule has 1 heterocycles. The summed E-state index contributed by atoms with van der Waals surface area (Å²) in [6.07, 6.45) is -3.23. The normalized spacial score (nSPS) is 13.4. The summed E-state index contributed by atoms with van der Waals surface area (Å²) in [6.45, 7) is 2.42. The molecule has 0 saturated carbocycles. The van der Waals surface area contributed by atoms with Crippen LogP contribution in [-0.4, -0.2) is 11.5 Å². The lowest BCUT2D eigenvalue weighted by molar-refractivity contribution is -0.137. The zero-order valence-corrected chi connectivity index (χ0v) is 13.2. The van der Waals surface area contributed by atoms with Gasteiger partial charge in [-0.1, -0.05) is 30.1 Å². The molecule has 0 radical (unpaired) electrons. The van der Waals surface area contributed by atoms with Crippen molar-refractivity contribution >= 4 is 34.5 Å². The van der Waals surface area contributed by atoms with E-state index in [9.17, 15) is 13.2 Å². The summed E-state index contributed by atoms with van der Waals surface area (Å²) in [5.41, 5.74) is 0.628. The fourth-order valence-corrected chi connectivity index (χ4v) is 3.14. The average molecular weight is 355 g/mol. The Bertz CT molecular complexity index is 628. The minimum atomic E-state index is -4.45. The average Bonchev–Trinajstić information content (AvgIpc) is 2.88. The summed E-state index contributed by atoms with van der Waals surface area (Å²) in [7, 11) is 0. The van der Waals surface area contributed by atoms with Crippen molar-refractivity contribution in [1.29, 1.82) is 0 Å². The highest BCUT2D eigenvalue weighted by molar-refractivity contribution is 7.11. The lowest BCUT2D eigenvalue weighted by Crippen LogP contribution is -2.21. The summed E-state index contributed by atoms with van der Waals surface area (Å²) >= 11 is 12.7. The number of alkyl halides is 3. The van der Waals surface area contributed by atoms with Crippen molar-refractivity contribution < 1.29 is 13.2 Å². The molecule has 0 fully saturated rings. The topological polar surface area (TPSA) is 24.9 Å². The predicted octanol–water partition coefficient (Wildman–Crippen LogP) is 5.17. The highest BCUT2D eigenvalue weighted by atomic mass is 35.5. The van der Waals surface area contributed by atoms with Crippen molar-refractivity contribution in [2.45, 2.75) is 19.1 Å². The van der Waals surface area contributed by atoms with Crippen molar-refractivity contribution in [3.63, 3.8) is 0 Å². The van der Waals surface area contributed by atoms with E-state index in [1.807, 2.05) is 6.92 Å². The molecular weight excluding hydrogens is 344 g/mol. The van der Waals surface area contributed by atoms with Gasteiger partial charge in [-0.2, -0.15) is 13.2 Å². The van der Waals surface area contributed by atoms with Gasteiger partial charge in [0.1, 0.15) is 0 Å². The van der Waals surface area contributed by atoms with Crippen LogP contribution in [0.15, 0.2) is 24.4 Å². The summed E-state index contributed by atoms with van der Waals surface area (Å²) in [6, 6.07) is 4.42. The van der Waals surface area contributed by atoms with Gasteiger partial charge >= 0.3 is 6.18 Å². The summed E-state index contributed by atoms with van der Waals surface area (Å²) < 4.78 is 38.0. The molecule has 0 bridgehead atoms.